The van der Waals surface area contributed by atoms with E-state index in [4.69, 9.17) is 28.9 Å². The Balaban J connectivity index is 1.46. The van der Waals surface area contributed by atoms with E-state index in [1.165, 1.54) is 0 Å². The van der Waals surface area contributed by atoms with E-state index in [1.807, 2.05) is 47.0 Å². The van der Waals surface area contributed by atoms with E-state index in [0.717, 1.165) is 54.1 Å². The van der Waals surface area contributed by atoms with Crippen LogP contribution in [0, 0.1) is 4.77 Å². The zero-order chi connectivity index (χ0) is 24.2. The minimum atomic E-state index is -0.112. The third-order valence-corrected chi connectivity index (χ3v) is 6.63. The van der Waals surface area contributed by atoms with Crippen LogP contribution in [0.3, 0.4) is 0 Å². The van der Waals surface area contributed by atoms with E-state index < -0.39 is 0 Å². The summed E-state index contributed by atoms with van der Waals surface area (Å²) in [7, 11) is 0. The molecule has 2 heterocycles. The van der Waals surface area contributed by atoms with Gasteiger partial charge in [-0.05, 0) is 73.1 Å². The molecule has 9 heteroatoms. The molecule has 2 aromatic carbocycles. The van der Waals surface area contributed by atoms with Crippen molar-refractivity contribution in [3.05, 3.63) is 57.8 Å². The van der Waals surface area contributed by atoms with E-state index in [0.29, 0.717) is 22.9 Å². The Kier molecular flexibility index (Phi) is 7.48. The van der Waals surface area contributed by atoms with Crippen LogP contribution in [0.5, 0.6) is 0 Å². The fourth-order valence-corrected chi connectivity index (χ4v) is 4.59. The molecule has 1 aliphatic heterocycles. The fourth-order valence-electron chi connectivity index (χ4n) is 4.15. The monoisotopic (exact) mass is 497 g/mol. The number of aromatic nitrogens is 3. The highest BCUT2D eigenvalue weighted by Gasteiger charge is 2.22. The average molecular weight is 498 g/mol. The maximum absolute atomic E-state index is 12.7. The second-order valence-electron chi connectivity index (χ2n) is 8.40. The van der Waals surface area contributed by atoms with Crippen LogP contribution in [0.25, 0.3) is 11.4 Å². The number of carbonyl (C=O) groups excluding carboxylic acids is 2. The van der Waals surface area contributed by atoms with Gasteiger partial charge in [-0.15, -0.1) is 0 Å². The number of hydrogen-bond donors (Lipinski definition) is 1. The highest BCUT2D eigenvalue weighted by atomic mass is 35.5. The van der Waals surface area contributed by atoms with Gasteiger partial charge in [0, 0.05) is 48.4 Å². The molecule has 2 amide bonds. The molecule has 0 unspecified atom stereocenters. The van der Waals surface area contributed by atoms with Gasteiger partial charge in [0.1, 0.15) is 0 Å². The van der Waals surface area contributed by atoms with Crippen molar-refractivity contribution in [2.75, 3.05) is 16.8 Å². The van der Waals surface area contributed by atoms with Gasteiger partial charge in [0.05, 0.1) is 6.54 Å². The molecule has 0 fully saturated rings. The molecule has 1 aliphatic rings. The van der Waals surface area contributed by atoms with Crippen molar-refractivity contribution >= 4 is 47.0 Å². The molecule has 0 bridgehead atoms. The summed E-state index contributed by atoms with van der Waals surface area (Å²) in [6, 6.07) is 13.2. The Morgan fingerprint density at radius 3 is 2.62 bits per heavy atom. The predicted octanol–water partition coefficient (Wildman–Crippen LogP) is 5.47. The lowest BCUT2D eigenvalue weighted by molar-refractivity contribution is -0.117. The Bertz CT molecular complexity index is 1270. The van der Waals surface area contributed by atoms with Crippen LogP contribution in [0.15, 0.2) is 42.5 Å². The third kappa shape index (κ3) is 5.23. The summed E-state index contributed by atoms with van der Waals surface area (Å²) in [5.74, 6) is 0.701. The van der Waals surface area contributed by atoms with Crippen molar-refractivity contribution in [1.82, 2.24) is 14.3 Å². The molecule has 1 aromatic heterocycles. The van der Waals surface area contributed by atoms with E-state index in [-0.39, 0.29) is 18.2 Å². The molecule has 0 saturated carbocycles. The summed E-state index contributed by atoms with van der Waals surface area (Å²) >= 11 is 11.7. The highest BCUT2D eigenvalue weighted by Crippen LogP contribution is 2.30. The molecular formula is C25H28ClN5O2S. The van der Waals surface area contributed by atoms with Crippen molar-refractivity contribution in [3.8, 4) is 11.4 Å². The van der Waals surface area contributed by atoms with Crippen LogP contribution >= 0.6 is 23.8 Å². The van der Waals surface area contributed by atoms with Crippen LogP contribution in [0.1, 0.15) is 38.7 Å². The number of unbranched alkanes of at least 4 members (excludes halogenated alkanes) is 1. The smallest absolute Gasteiger partial charge is 0.226 e. The summed E-state index contributed by atoms with van der Waals surface area (Å²) in [5.41, 5.74) is 3.65. The van der Waals surface area contributed by atoms with E-state index in [9.17, 15) is 9.59 Å². The molecule has 0 atom stereocenters. The quantitative estimate of drug-likeness (QED) is 0.419. The Morgan fingerprint density at radius 2 is 1.91 bits per heavy atom. The van der Waals surface area contributed by atoms with Crippen molar-refractivity contribution in [1.29, 1.82) is 0 Å². The third-order valence-electron chi connectivity index (χ3n) is 5.95. The number of aryl methyl sites for hydroxylation is 1. The first-order valence-electron chi connectivity index (χ1n) is 11.5. The average Bonchev–Trinajstić information content (AvgIpc) is 3.37. The minimum absolute atomic E-state index is 0.0311. The summed E-state index contributed by atoms with van der Waals surface area (Å²) in [6.07, 6.45) is 3.06. The lowest BCUT2D eigenvalue weighted by atomic mass is 10.1. The SMILES string of the molecule is CCCCn1c(-c2ccc(Cl)cc2)nn(CCC(=O)Nc2ccc3c(c2)CCN3C(C)=O)c1=S. The number of amides is 2. The maximum Gasteiger partial charge on any atom is 0.226 e. The van der Waals surface area contributed by atoms with E-state index in [1.54, 1.807) is 16.5 Å². The zero-order valence-electron chi connectivity index (χ0n) is 19.4. The lowest BCUT2D eigenvalue weighted by Gasteiger charge is -2.15. The predicted molar refractivity (Wildman–Crippen MR) is 138 cm³/mol. The normalized spacial score (nSPS) is 12.6. The summed E-state index contributed by atoms with van der Waals surface area (Å²) < 4.78 is 4.36. The molecule has 0 radical (unpaired) electrons. The number of fused-ring (bicyclic) bond motifs is 1. The zero-order valence-corrected chi connectivity index (χ0v) is 21.0. The van der Waals surface area contributed by atoms with Crippen LogP contribution in [-0.2, 0) is 29.1 Å². The van der Waals surface area contributed by atoms with Gasteiger partial charge in [-0.2, -0.15) is 5.10 Å². The minimum Gasteiger partial charge on any atom is -0.326 e. The number of rotatable bonds is 8. The second-order valence-corrected chi connectivity index (χ2v) is 9.21. The topological polar surface area (TPSA) is 72.2 Å². The number of anilines is 2. The van der Waals surface area contributed by atoms with Gasteiger partial charge in [-0.25, -0.2) is 4.68 Å². The van der Waals surface area contributed by atoms with E-state index in [2.05, 4.69) is 12.2 Å². The molecule has 0 aliphatic carbocycles. The van der Waals surface area contributed by atoms with Gasteiger partial charge in [-0.1, -0.05) is 24.9 Å². The first-order chi connectivity index (χ1) is 16.4. The van der Waals surface area contributed by atoms with Gasteiger partial charge >= 0.3 is 0 Å². The Labute approximate surface area is 209 Å². The standard InChI is InChI=1S/C25H28ClN5O2S/c1-3-4-13-30-24(18-5-7-20(26)8-6-18)28-31(25(30)34)15-12-23(33)27-21-9-10-22-19(16-21)11-14-29(22)17(2)32/h5-10,16H,3-4,11-15H2,1-2H3,(H,27,33). The van der Waals surface area contributed by atoms with Gasteiger partial charge < -0.3 is 10.2 Å². The summed E-state index contributed by atoms with van der Waals surface area (Å²) in [5, 5.41) is 8.35. The molecule has 7 nitrogen and oxygen atoms in total. The number of nitrogens with zero attached hydrogens (tertiary/aromatic N) is 4. The first kappa shape index (κ1) is 24.2. The second kappa shape index (κ2) is 10.5. The Hall–Kier alpha value is -2.97. The molecule has 34 heavy (non-hydrogen) atoms. The molecule has 0 spiro atoms. The lowest BCUT2D eigenvalue weighted by Crippen LogP contribution is -2.25. The van der Waals surface area contributed by atoms with Gasteiger partial charge in [-0.3, -0.25) is 14.2 Å². The molecule has 1 N–H and O–H groups in total. The molecule has 4 rings (SSSR count). The van der Waals surface area contributed by atoms with Crippen molar-refractivity contribution < 1.29 is 9.59 Å². The Morgan fingerprint density at radius 1 is 1.15 bits per heavy atom. The van der Waals surface area contributed by atoms with Gasteiger partial charge in [0.15, 0.2) is 10.6 Å². The molecule has 0 saturated heterocycles. The van der Waals surface area contributed by atoms with Crippen molar-refractivity contribution in [2.24, 2.45) is 0 Å². The molecule has 178 valence electrons. The number of halogens is 1. The number of nitrogens with one attached hydrogen (secondary N) is 1. The fraction of sp³-hybridized carbons (Fsp3) is 0.360. The van der Waals surface area contributed by atoms with Crippen molar-refractivity contribution in [3.63, 3.8) is 0 Å². The maximum atomic E-state index is 12.7. The van der Waals surface area contributed by atoms with Crippen LogP contribution in [0.4, 0.5) is 11.4 Å². The van der Waals surface area contributed by atoms with E-state index >= 15 is 0 Å². The summed E-state index contributed by atoms with van der Waals surface area (Å²) in [4.78, 5) is 26.2. The number of carbonyl (C=O) groups is 2. The summed E-state index contributed by atoms with van der Waals surface area (Å²) in [6.45, 7) is 5.53. The van der Waals surface area contributed by atoms with Crippen LogP contribution < -0.4 is 10.2 Å². The van der Waals surface area contributed by atoms with Gasteiger partial charge in [0.25, 0.3) is 0 Å². The molecular weight excluding hydrogens is 470 g/mol. The molecule has 3 aromatic rings. The first-order valence-corrected chi connectivity index (χ1v) is 12.3. The highest BCUT2D eigenvalue weighted by molar-refractivity contribution is 7.71. The van der Waals surface area contributed by atoms with Crippen LogP contribution in [0.2, 0.25) is 5.02 Å². The number of hydrogen-bond acceptors (Lipinski definition) is 4. The number of benzene rings is 2. The largest absolute Gasteiger partial charge is 0.326 e. The van der Waals surface area contributed by atoms with Crippen molar-refractivity contribution in [2.45, 2.75) is 52.6 Å². The van der Waals surface area contributed by atoms with Gasteiger partial charge in [0.2, 0.25) is 11.8 Å². The van der Waals surface area contributed by atoms with Crippen LogP contribution in [-0.4, -0.2) is 32.7 Å².